The zero-order chi connectivity index (χ0) is 20.4. The summed E-state index contributed by atoms with van der Waals surface area (Å²) in [6.07, 6.45) is 3.25. The van der Waals surface area contributed by atoms with Crippen molar-refractivity contribution in [2.24, 2.45) is 10.9 Å². The molecule has 0 amide bonds. The lowest BCUT2D eigenvalue weighted by molar-refractivity contribution is 0.316. The minimum Gasteiger partial charge on any atom is -0.409 e. The molecule has 0 aliphatic heterocycles. The van der Waals surface area contributed by atoms with Gasteiger partial charge in [-0.15, -0.1) is 0 Å². The first-order valence-electron chi connectivity index (χ1n) is 9.14. The Hall–Kier alpha value is -2.57. The number of hydrogen-bond acceptors (Lipinski definition) is 4. The number of benzene rings is 1. The first-order chi connectivity index (χ1) is 12.9. The maximum atomic E-state index is 13.9. The van der Waals surface area contributed by atoms with Crippen LogP contribution in [0.3, 0.4) is 0 Å². The number of amidine groups is 1. The molecule has 1 heterocycles. The van der Waals surface area contributed by atoms with Crippen molar-refractivity contribution < 1.29 is 14.0 Å². The number of hydrogen-bond donors (Lipinski definition) is 2. The maximum absolute atomic E-state index is 13.9. The molecule has 0 radical (unpaired) electrons. The van der Waals surface area contributed by atoms with Crippen molar-refractivity contribution in [1.29, 1.82) is 0 Å². The van der Waals surface area contributed by atoms with E-state index in [2.05, 4.69) is 29.2 Å². The lowest BCUT2D eigenvalue weighted by Gasteiger charge is -2.17. The Labute approximate surface area is 159 Å². The maximum Gasteiger partial charge on any atom is 0.139 e. The Morgan fingerprint density at radius 3 is 2.26 bits per heavy atom. The number of nitrogens with zero attached hydrogens (tertiary/aromatic N) is 3. The quantitative estimate of drug-likeness (QED) is 0.314. The van der Waals surface area contributed by atoms with Crippen LogP contribution in [-0.4, -0.2) is 21.2 Å². The van der Waals surface area contributed by atoms with Gasteiger partial charge < -0.3 is 10.9 Å². The summed E-state index contributed by atoms with van der Waals surface area (Å²) in [5.74, 6) is -1.33. The fraction of sp³-hybridized carbons (Fsp3) is 0.450. The van der Waals surface area contributed by atoms with Crippen LogP contribution in [0.4, 0.5) is 8.78 Å². The van der Waals surface area contributed by atoms with Crippen molar-refractivity contribution in [3.05, 3.63) is 47.2 Å². The summed E-state index contributed by atoms with van der Waals surface area (Å²) in [6, 6.07) is 5.28. The second-order valence-electron chi connectivity index (χ2n) is 6.38. The largest absolute Gasteiger partial charge is 0.409 e. The Bertz CT molecular complexity index is 745. The van der Waals surface area contributed by atoms with E-state index in [0.717, 1.165) is 18.4 Å². The standard InChI is InChI=1S/C17H20F2N4O.C3H8/c1-3-5-11(9-15(20)23-24)17-10(2)8-14(21-22-17)16-12(18)6-4-7-13(16)19;1-3-2/h4,6-8,11,24H,3,5,9H2,1-2H3,(H2,20,23);3H2,1-2H3. The lowest BCUT2D eigenvalue weighted by atomic mass is 9.92. The molecule has 1 aromatic heterocycles. The number of halogens is 2. The SMILES string of the molecule is CCC.CCCC(C/C(N)=N/O)c1nnc(-c2c(F)cccc2F)cc1C. The van der Waals surface area contributed by atoms with Gasteiger partial charge in [-0.05, 0) is 37.1 Å². The normalized spacial score (nSPS) is 12.3. The van der Waals surface area contributed by atoms with E-state index in [-0.39, 0.29) is 23.0 Å². The number of oxime groups is 1. The van der Waals surface area contributed by atoms with Crippen molar-refractivity contribution in [2.75, 3.05) is 0 Å². The molecule has 0 aliphatic carbocycles. The van der Waals surface area contributed by atoms with Gasteiger partial charge in [-0.1, -0.05) is 44.8 Å². The van der Waals surface area contributed by atoms with E-state index in [1.54, 1.807) is 13.0 Å². The lowest BCUT2D eigenvalue weighted by Crippen LogP contribution is -2.18. The Morgan fingerprint density at radius 1 is 1.19 bits per heavy atom. The molecule has 0 bridgehead atoms. The van der Waals surface area contributed by atoms with Crippen LogP contribution in [0.2, 0.25) is 0 Å². The summed E-state index contributed by atoms with van der Waals surface area (Å²) in [5.41, 5.74) is 7.00. The third-order valence-electron chi connectivity index (χ3n) is 3.85. The van der Waals surface area contributed by atoms with E-state index in [0.29, 0.717) is 12.1 Å². The average Bonchev–Trinajstić information content (AvgIpc) is 2.62. The van der Waals surface area contributed by atoms with Gasteiger partial charge >= 0.3 is 0 Å². The molecular formula is C20H28F2N4O. The second kappa shape index (κ2) is 11.2. The van der Waals surface area contributed by atoms with Gasteiger partial charge in [0.1, 0.15) is 17.5 Å². The van der Waals surface area contributed by atoms with Crippen LogP contribution < -0.4 is 5.73 Å². The molecule has 0 spiro atoms. The molecule has 1 unspecified atom stereocenters. The molecule has 0 saturated carbocycles. The van der Waals surface area contributed by atoms with Crippen molar-refractivity contribution in [1.82, 2.24) is 10.2 Å². The van der Waals surface area contributed by atoms with E-state index in [4.69, 9.17) is 10.9 Å². The van der Waals surface area contributed by atoms with Gasteiger partial charge in [-0.25, -0.2) is 8.78 Å². The predicted molar refractivity (Wildman–Crippen MR) is 104 cm³/mol. The third-order valence-corrected chi connectivity index (χ3v) is 3.85. The first kappa shape index (κ1) is 22.5. The van der Waals surface area contributed by atoms with Crippen LogP contribution in [0.25, 0.3) is 11.3 Å². The highest BCUT2D eigenvalue weighted by Crippen LogP contribution is 2.29. The Morgan fingerprint density at radius 2 is 1.78 bits per heavy atom. The summed E-state index contributed by atoms with van der Waals surface area (Å²) < 4.78 is 27.8. The van der Waals surface area contributed by atoms with Crippen LogP contribution >= 0.6 is 0 Å². The van der Waals surface area contributed by atoms with E-state index >= 15 is 0 Å². The highest BCUT2D eigenvalue weighted by Gasteiger charge is 2.20. The fourth-order valence-electron chi connectivity index (χ4n) is 2.74. The highest BCUT2D eigenvalue weighted by molar-refractivity contribution is 5.80. The monoisotopic (exact) mass is 378 g/mol. The van der Waals surface area contributed by atoms with Crippen LogP contribution in [0, 0.1) is 18.6 Å². The van der Waals surface area contributed by atoms with E-state index in [1.807, 2.05) is 6.92 Å². The first-order valence-corrected chi connectivity index (χ1v) is 9.14. The van der Waals surface area contributed by atoms with Crippen molar-refractivity contribution >= 4 is 5.84 Å². The zero-order valence-electron chi connectivity index (χ0n) is 16.3. The van der Waals surface area contributed by atoms with Crippen molar-refractivity contribution in [2.45, 2.75) is 59.3 Å². The van der Waals surface area contributed by atoms with E-state index in [9.17, 15) is 8.78 Å². The van der Waals surface area contributed by atoms with Gasteiger partial charge in [0.25, 0.3) is 0 Å². The summed E-state index contributed by atoms with van der Waals surface area (Å²) >= 11 is 0. The number of aromatic nitrogens is 2. The average molecular weight is 378 g/mol. The number of nitrogens with two attached hydrogens (primary N) is 1. The van der Waals surface area contributed by atoms with Crippen molar-refractivity contribution in [3.63, 3.8) is 0 Å². The number of aryl methyl sites for hydroxylation is 1. The molecule has 0 saturated heterocycles. The smallest absolute Gasteiger partial charge is 0.139 e. The van der Waals surface area contributed by atoms with Gasteiger partial charge in [-0.3, -0.25) is 0 Å². The molecule has 1 aromatic carbocycles. The molecule has 2 rings (SSSR count). The number of rotatable bonds is 6. The molecule has 148 valence electrons. The fourth-order valence-corrected chi connectivity index (χ4v) is 2.74. The van der Waals surface area contributed by atoms with Gasteiger partial charge in [-0.2, -0.15) is 10.2 Å². The van der Waals surface area contributed by atoms with Crippen LogP contribution in [0.1, 0.15) is 63.6 Å². The van der Waals surface area contributed by atoms with Crippen LogP contribution in [-0.2, 0) is 0 Å². The molecular weight excluding hydrogens is 350 g/mol. The highest BCUT2D eigenvalue weighted by atomic mass is 19.1. The van der Waals surface area contributed by atoms with Crippen molar-refractivity contribution in [3.8, 4) is 11.3 Å². The zero-order valence-corrected chi connectivity index (χ0v) is 16.3. The molecule has 5 nitrogen and oxygen atoms in total. The minimum atomic E-state index is -0.682. The summed E-state index contributed by atoms with van der Waals surface area (Å²) in [4.78, 5) is 0. The Balaban J connectivity index is 0.00000114. The van der Waals surface area contributed by atoms with E-state index in [1.165, 1.54) is 24.6 Å². The molecule has 2 aromatic rings. The summed E-state index contributed by atoms with van der Waals surface area (Å²) in [7, 11) is 0. The molecule has 0 aliphatic rings. The summed E-state index contributed by atoms with van der Waals surface area (Å²) in [6.45, 7) is 8.08. The molecule has 1 atom stereocenters. The topological polar surface area (TPSA) is 84.4 Å². The van der Waals surface area contributed by atoms with Gasteiger partial charge in [0.15, 0.2) is 0 Å². The van der Waals surface area contributed by atoms with Gasteiger partial charge in [0.05, 0.1) is 17.0 Å². The second-order valence-corrected chi connectivity index (χ2v) is 6.38. The Kier molecular flexibility index (Phi) is 9.33. The van der Waals surface area contributed by atoms with Gasteiger partial charge in [0.2, 0.25) is 0 Å². The van der Waals surface area contributed by atoms with Crippen LogP contribution in [0.15, 0.2) is 29.4 Å². The van der Waals surface area contributed by atoms with Gasteiger partial charge in [0, 0.05) is 12.3 Å². The molecule has 0 fully saturated rings. The third kappa shape index (κ3) is 6.27. The minimum absolute atomic E-state index is 0.0714. The molecule has 7 heteroatoms. The molecule has 27 heavy (non-hydrogen) atoms. The molecule has 3 N–H and O–H groups in total. The van der Waals surface area contributed by atoms with Crippen LogP contribution in [0.5, 0.6) is 0 Å². The predicted octanol–water partition coefficient (Wildman–Crippen LogP) is 5.17. The summed E-state index contributed by atoms with van der Waals surface area (Å²) in [5, 5.41) is 19.9. The van der Waals surface area contributed by atoms with E-state index < -0.39 is 11.6 Å².